The van der Waals surface area contributed by atoms with Crippen LogP contribution in [0.1, 0.15) is 150 Å². The molecule has 0 aliphatic rings. The molecule has 18 heteroatoms. The molecule has 6 unspecified atom stereocenters. The maximum atomic E-state index is 11.4. The number of aliphatic carboxylic acids is 9. The maximum absolute atomic E-state index is 11.4. The average Bonchev–Trinajstić information content (AvgIpc) is 3.62. The largest absolute Gasteiger partial charge is 0.481 e. The van der Waals surface area contributed by atoms with E-state index in [1.165, 1.54) is 11.1 Å². The van der Waals surface area contributed by atoms with Crippen molar-refractivity contribution >= 4 is 86.0 Å². The number of hydrogen-bond donors (Lipinski definition) is 9. The number of aryl methyl sites for hydroxylation is 4. The molecule has 0 aromatic heterocycles. The van der Waals surface area contributed by atoms with E-state index in [4.69, 9.17) is 15.3 Å². The predicted molar refractivity (Wildman–Crippen MR) is 330 cm³/mol. The van der Waals surface area contributed by atoms with Crippen molar-refractivity contribution in [2.24, 2.45) is 35.5 Å². The summed E-state index contributed by atoms with van der Waals surface area (Å²) in [5.41, 5.74) is 6.29. The molecule has 0 aliphatic carbocycles. The number of fused-ring (bicyclic) bond motifs is 3. The first-order chi connectivity index (χ1) is 41.5. The summed E-state index contributed by atoms with van der Waals surface area (Å²) in [6, 6.07) is 35.5. The zero-order valence-corrected chi connectivity index (χ0v) is 49.9. The molecule has 0 spiro atoms. The van der Waals surface area contributed by atoms with Gasteiger partial charge in [-0.05, 0) is 181 Å². The van der Waals surface area contributed by atoms with E-state index < -0.39 is 83.8 Å². The van der Waals surface area contributed by atoms with E-state index in [-0.39, 0.29) is 37.5 Å². The number of hydrogen-bond acceptors (Lipinski definition) is 9. The van der Waals surface area contributed by atoms with Crippen LogP contribution in [0.5, 0.6) is 0 Å². The lowest BCUT2D eigenvalue weighted by Crippen LogP contribution is -2.20. The standard InChI is InChI=1S/C25H32O6.C24H30O6.C20H22O6/c1-2-17(24(28)29)7-5-8-18-13-14-19(22-12-4-3-11-21(18)22)9-6-10-20(25(30)31)15-16-23(26)27;1-2-16(23(27)28)7-5-8-17-13-14-18(21-12-4-3-11-20(17)21)9-6-10-19(24(29)30)15-22(25)26;1-2-12(19(23)24)9-13-7-8-14(17-6-4-3-5-16(13)17)10-15(20(25)26)11-18(21)22/h3-4,11-14,17,20H,2,5-10,15-16H2,1H3,(H,26,27)(H,28,29)(H,30,31);3-4,11-14,16,19H,2,5-10,15H2,1H3,(H,25,26)(H,27,28)(H,29,30);3-8,12,15H,2,9-11H2,1H3,(H,21,22)(H,23,24)(H,25,26). The van der Waals surface area contributed by atoms with E-state index in [1.54, 1.807) is 6.07 Å². The minimum Gasteiger partial charge on any atom is -0.481 e. The first kappa shape index (κ1) is 70.8. The second-order valence-corrected chi connectivity index (χ2v) is 22.3. The molecule has 6 atom stereocenters. The van der Waals surface area contributed by atoms with Gasteiger partial charge in [-0.1, -0.05) is 130 Å². The molecule has 6 aromatic carbocycles. The molecule has 0 amide bonds. The van der Waals surface area contributed by atoms with Crippen molar-refractivity contribution in [3.8, 4) is 0 Å². The molecule has 0 bridgehead atoms. The van der Waals surface area contributed by atoms with Gasteiger partial charge < -0.3 is 46.0 Å². The van der Waals surface area contributed by atoms with Crippen LogP contribution in [0.2, 0.25) is 0 Å². The summed E-state index contributed by atoms with van der Waals surface area (Å²) in [6.07, 6.45) is 9.56. The summed E-state index contributed by atoms with van der Waals surface area (Å²) in [5, 5.41) is 88.4. The van der Waals surface area contributed by atoms with Gasteiger partial charge in [0.05, 0.1) is 48.3 Å². The topological polar surface area (TPSA) is 336 Å². The van der Waals surface area contributed by atoms with Gasteiger partial charge in [-0.15, -0.1) is 0 Å². The first-order valence-corrected chi connectivity index (χ1v) is 30.0. The van der Waals surface area contributed by atoms with E-state index in [0.717, 1.165) is 86.7 Å². The second kappa shape index (κ2) is 36.4. The normalized spacial score (nSPS) is 13.1. The SMILES string of the molecule is CCC(CCCc1ccc(CCCC(CC(=O)O)C(=O)O)c2ccccc12)C(=O)O.CCC(CCCc1ccc(CCCC(CCC(=O)O)C(=O)O)c2ccccc12)C(=O)O.CCC(Cc1ccc(CC(CC(=O)O)C(=O)O)c2ccccc12)C(=O)O. The van der Waals surface area contributed by atoms with Crippen molar-refractivity contribution in [3.63, 3.8) is 0 Å². The third kappa shape index (κ3) is 22.9. The highest BCUT2D eigenvalue weighted by molar-refractivity contribution is 5.91. The van der Waals surface area contributed by atoms with E-state index in [2.05, 4.69) is 42.5 Å². The lowest BCUT2D eigenvalue weighted by Gasteiger charge is -2.16. The number of carbonyl (C=O) groups is 9. The molecule has 0 aliphatic heterocycles. The Balaban J connectivity index is 0.000000280. The number of carboxylic acids is 9. The molecule has 468 valence electrons. The van der Waals surface area contributed by atoms with Gasteiger partial charge in [-0.2, -0.15) is 0 Å². The zero-order valence-electron chi connectivity index (χ0n) is 49.9. The van der Waals surface area contributed by atoms with Gasteiger partial charge in [0.1, 0.15) is 0 Å². The minimum absolute atomic E-state index is 0.110. The summed E-state index contributed by atoms with van der Waals surface area (Å²) in [5.74, 6) is -12.3. The summed E-state index contributed by atoms with van der Waals surface area (Å²) >= 11 is 0. The van der Waals surface area contributed by atoms with E-state index >= 15 is 0 Å². The lowest BCUT2D eigenvalue weighted by molar-refractivity contribution is -0.148. The van der Waals surface area contributed by atoms with Crippen molar-refractivity contribution in [3.05, 3.63) is 143 Å². The van der Waals surface area contributed by atoms with Crippen molar-refractivity contribution in [2.75, 3.05) is 0 Å². The van der Waals surface area contributed by atoms with Crippen molar-refractivity contribution in [2.45, 2.75) is 156 Å². The summed E-state index contributed by atoms with van der Waals surface area (Å²) in [4.78, 5) is 100. The average molecular weight is 1200 g/mol. The predicted octanol–water partition coefficient (Wildman–Crippen LogP) is 13.1. The van der Waals surface area contributed by atoms with Crippen molar-refractivity contribution in [1.29, 1.82) is 0 Å². The van der Waals surface area contributed by atoms with Crippen LogP contribution >= 0.6 is 0 Å². The molecule has 0 saturated carbocycles. The molecule has 6 aromatic rings. The highest BCUT2D eigenvalue weighted by atomic mass is 16.4. The Morgan fingerprint density at radius 3 is 0.816 bits per heavy atom. The van der Waals surface area contributed by atoms with Gasteiger partial charge in [0, 0.05) is 6.42 Å². The number of benzene rings is 6. The van der Waals surface area contributed by atoms with Gasteiger partial charge in [0.2, 0.25) is 0 Å². The molecule has 18 nitrogen and oxygen atoms in total. The zero-order chi connectivity index (χ0) is 64.2. The van der Waals surface area contributed by atoms with Gasteiger partial charge in [-0.3, -0.25) is 43.2 Å². The third-order valence-electron chi connectivity index (χ3n) is 16.4. The number of carboxylic acid groups (broad SMARTS) is 9. The molecule has 87 heavy (non-hydrogen) atoms. The Morgan fingerprint density at radius 2 is 0.540 bits per heavy atom. The Morgan fingerprint density at radius 1 is 0.287 bits per heavy atom. The molecular weight excluding hydrogens is 1120 g/mol. The fourth-order valence-electron chi connectivity index (χ4n) is 11.3. The van der Waals surface area contributed by atoms with Crippen LogP contribution in [0, 0.1) is 35.5 Å². The summed E-state index contributed by atoms with van der Waals surface area (Å²) in [6.45, 7) is 5.63. The van der Waals surface area contributed by atoms with Gasteiger partial charge >= 0.3 is 53.7 Å². The molecule has 9 N–H and O–H groups in total. The van der Waals surface area contributed by atoms with E-state index in [0.29, 0.717) is 70.6 Å². The molecule has 0 heterocycles. The first-order valence-electron chi connectivity index (χ1n) is 30.0. The van der Waals surface area contributed by atoms with Crippen LogP contribution in [0.4, 0.5) is 0 Å². The Labute approximate surface area is 506 Å². The van der Waals surface area contributed by atoms with Crippen LogP contribution < -0.4 is 0 Å². The quantitative estimate of drug-likeness (QED) is 0.0176. The van der Waals surface area contributed by atoms with Crippen LogP contribution in [-0.2, 0) is 81.7 Å². The van der Waals surface area contributed by atoms with Crippen LogP contribution in [0.15, 0.2) is 109 Å². The van der Waals surface area contributed by atoms with E-state index in [1.807, 2.05) is 81.4 Å². The number of rotatable bonds is 36. The lowest BCUT2D eigenvalue weighted by atomic mass is 9.88. The van der Waals surface area contributed by atoms with Gasteiger partial charge in [-0.25, -0.2) is 0 Å². The highest BCUT2D eigenvalue weighted by Gasteiger charge is 2.25. The van der Waals surface area contributed by atoms with E-state index in [9.17, 15) is 73.8 Å². The smallest absolute Gasteiger partial charge is 0.307 e. The van der Waals surface area contributed by atoms with Crippen LogP contribution in [0.25, 0.3) is 32.3 Å². The van der Waals surface area contributed by atoms with Crippen molar-refractivity contribution < 1.29 is 89.1 Å². The van der Waals surface area contributed by atoms with Crippen LogP contribution in [-0.4, -0.2) is 99.7 Å². The van der Waals surface area contributed by atoms with Crippen LogP contribution in [0.3, 0.4) is 0 Å². The van der Waals surface area contributed by atoms with Gasteiger partial charge in [0.25, 0.3) is 0 Å². The Kier molecular flexibility index (Phi) is 29.6. The molecular formula is C69H84O18. The maximum Gasteiger partial charge on any atom is 0.307 e. The fourth-order valence-corrected chi connectivity index (χ4v) is 11.3. The second-order valence-electron chi connectivity index (χ2n) is 22.3. The monoisotopic (exact) mass is 1200 g/mol. The fraction of sp³-hybridized carbons (Fsp3) is 0.435. The minimum atomic E-state index is -1.15. The Hall–Kier alpha value is -8.67. The molecule has 0 fully saturated rings. The highest BCUT2D eigenvalue weighted by Crippen LogP contribution is 2.31. The molecule has 0 saturated heterocycles. The third-order valence-corrected chi connectivity index (χ3v) is 16.4. The Bertz CT molecular complexity index is 3310. The van der Waals surface area contributed by atoms with Crippen molar-refractivity contribution in [1.82, 2.24) is 0 Å². The molecule has 0 radical (unpaired) electrons. The molecule has 6 rings (SSSR count). The van der Waals surface area contributed by atoms with Gasteiger partial charge in [0.15, 0.2) is 0 Å². The summed E-state index contributed by atoms with van der Waals surface area (Å²) < 4.78 is 0. The summed E-state index contributed by atoms with van der Waals surface area (Å²) in [7, 11) is 0.